The average Bonchev–Trinajstić information content (AvgIpc) is 2.62. The summed E-state index contributed by atoms with van der Waals surface area (Å²) in [4.78, 5) is 0. The summed E-state index contributed by atoms with van der Waals surface area (Å²) < 4.78 is 0. The van der Waals surface area contributed by atoms with Crippen LogP contribution >= 0.6 is 0 Å². The molecule has 2 rings (SSSR count). The van der Waals surface area contributed by atoms with Gasteiger partial charge in [-0.1, -0.05) is 25.7 Å². The molecule has 0 aromatic heterocycles. The van der Waals surface area contributed by atoms with Gasteiger partial charge in [-0.05, 0) is 24.7 Å². The molecule has 2 aliphatic carbocycles. The third kappa shape index (κ3) is 1.20. The van der Waals surface area contributed by atoms with E-state index >= 15 is 0 Å². The number of hydrogen-bond acceptors (Lipinski definition) is 1. The minimum absolute atomic E-state index is 0.0605. The van der Waals surface area contributed by atoms with E-state index in [1.807, 2.05) is 0 Å². The van der Waals surface area contributed by atoms with Crippen LogP contribution in [0.1, 0.15) is 38.5 Å². The molecule has 0 amide bonds. The van der Waals surface area contributed by atoms with Gasteiger partial charge in [-0.2, -0.15) is 0 Å². The topological polar surface area (TPSA) is 20.2 Å². The standard InChI is InChI=1S/C9H16O/c10-9-5-3-1-2-4-7-6-8(7)9/h7-10H,1-6H2/t7-,8+,9+/m0/s1. The zero-order chi connectivity index (χ0) is 6.97. The lowest BCUT2D eigenvalue weighted by Gasteiger charge is -2.12. The zero-order valence-corrected chi connectivity index (χ0v) is 6.42. The molecule has 0 unspecified atom stereocenters. The summed E-state index contributed by atoms with van der Waals surface area (Å²) in [6.45, 7) is 0. The Morgan fingerprint density at radius 3 is 2.70 bits per heavy atom. The van der Waals surface area contributed by atoms with Gasteiger partial charge in [0.25, 0.3) is 0 Å². The van der Waals surface area contributed by atoms with Gasteiger partial charge >= 0.3 is 0 Å². The number of rotatable bonds is 0. The van der Waals surface area contributed by atoms with Crippen molar-refractivity contribution in [3.8, 4) is 0 Å². The average molecular weight is 140 g/mol. The Hall–Kier alpha value is -0.0400. The van der Waals surface area contributed by atoms with Gasteiger partial charge in [0, 0.05) is 0 Å². The lowest BCUT2D eigenvalue weighted by molar-refractivity contribution is 0.126. The smallest absolute Gasteiger partial charge is 0.0571 e. The molecule has 10 heavy (non-hydrogen) atoms. The number of fused-ring (bicyclic) bond motifs is 1. The molecule has 0 aliphatic heterocycles. The molecule has 0 aromatic carbocycles. The minimum atomic E-state index is 0.0605. The maximum absolute atomic E-state index is 9.52. The van der Waals surface area contributed by atoms with Gasteiger partial charge in [-0.15, -0.1) is 0 Å². The van der Waals surface area contributed by atoms with Gasteiger partial charge in [-0.25, -0.2) is 0 Å². The molecule has 0 saturated heterocycles. The van der Waals surface area contributed by atoms with E-state index in [4.69, 9.17) is 0 Å². The van der Waals surface area contributed by atoms with Gasteiger partial charge in [0.2, 0.25) is 0 Å². The lowest BCUT2D eigenvalue weighted by Crippen LogP contribution is -2.12. The fraction of sp³-hybridized carbons (Fsp3) is 1.00. The van der Waals surface area contributed by atoms with Crippen LogP contribution in [0.2, 0.25) is 0 Å². The van der Waals surface area contributed by atoms with Crippen molar-refractivity contribution in [3.63, 3.8) is 0 Å². The SMILES string of the molecule is O[C@@H]1CCCCC[C@H]2C[C@H]21. The summed E-state index contributed by atoms with van der Waals surface area (Å²) in [5.74, 6) is 1.62. The zero-order valence-electron chi connectivity index (χ0n) is 6.42. The molecule has 0 spiro atoms. The highest BCUT2D eigenvalue weighted by atomic mass is 16.3. The first kappa shape index (κ1) is 6.66. The second kappa shape index (κ2) is 2.54. The summed E-state index contributed by atoms with van der Waals surface area (Å²) in [7, 11) is 0. The van der Waals surface area contributed by atoms with Crippen molar-refractivity contribution in [2.24, 2.45) is 11.8 Å². The fourth-order valence-corrected chi connectivity index (χ4v) is 2.23. The van der Waals surface area contributed by atoms with Crippen LogP contribution in [0.5, 0.6) is 0 Å². The largest absolute Gasteiger partial charge is 0.393 e. The summed E-state index contributed by atoms with van der Waals surface area (Å²) >= 11 is 0. The molecule has 2 saturated carbocycles. The Kier molecular flexibility index (Phi) is 1.69. The van der Waals surface area contributed by atoms with Crippen molar-refractivity contribution >= 4 is 0 Å². The maximum atomic E-state index is 9.52. The van der Waals surface area contributed by atoms with E-state index in [1.165, 1.54) is 32.1 Å². The van der Waals surface area contributed by atoms with Crippen molar-refractivity contribution in [2.45, 2.75) is 44.6 Å². The Morgan fingerprint density at radius 2 is 1.80 bits per heavy atom. The molecule has 1 heteroatoms. The molecule has 1 N–H and O–H groups in total. The van der Waals surface area contributed by atoms with Crippen LogP contribution in [0.4, 0.5) is 0 Å². The second-order valence-electron chi connectivity index (χ2n) is 3.86. The van der Waals surface area contributed by atoms with Crippen molar-refractivity contribution in [1.29, 1.82) is 0 Å². The van der Waals surface area contributed by atoms with Crippen molar-refractivity contribution in [3.05, 3.63) is 0 Å². The van der Waals surface area contributed by atoms with Gasteiger partial charge in [-0.3, -0.25) is 0 Å². The Bertz CT molecular complexity index is 122. The predicted molar refractivity (Wildman–Crippen MR) is 40.7 cm³/mol. The van der Waals surface area contributed by atoms with E-state index in [0.29, 0.717) is 5.92 Å². The first-order chi connectivity index (χ1) is 4.88. The van der Waals surface area contributed by atoms with Crippen LogP contribution in [0.3, 0.4) is 0 Å². The van der Waals surface area contributed by atoms with Gasteiger partial charge in [0.15, 0.2) is 0 Å². The van der Waals surface area contributed by atoms with Crippen molar-refractivity contribution < 1.29 is 5.11 Å². The quantitative estimate of drug-likeness (QED) is 0.545. The van der Waals surface area contributed by atoms with E-state index < -0.39 is 0 Å². The minimum Gasteiger partial charge on any atom is -0.393 e. The van der Waals surface area contributed by atoms with E-state index in [2.05, 4.69) is 0 Å². The highest BCUT2D eigenvalue weighted by molar-refractivity contribution is 4.92. The second-order valence-corrected chi connectivity index (χ2v) is 3.86. The van der Waals surface area contributed by atoms with Crippen LogP contribution in [-0.2, 0) is 0 Å². The first-order valence-corrected chi connectivity index (χ1v) is 4.56. The first-order valence-electron chi connectivity index (χ1n) is 4.56. The molecule has 2 aliphatic rings. The Morgan fingerprint density at radius 1 is 1.00 bits per heavy atom. The molecule has 0 heterocycles. The van der Waals surface area contributed by atoms with Crippen LogP contribution < -0.4 is 0 Å². The number of aliphatic hydroxyl groups is 1. The van der Waals surface area contributed by atoms with Crippen molar-refractivity contribution in [2.75, 3.05) is 0 Å². The normalized spacial score (nSPS) is 47.1. The predicted octanol–water partition coefficient (Wildman–Crippen LogP) is 1.95. The monoisotopic (exact) mass is 140 g/mol. The molecule has 3 atom stereocenters. The van der Waals surface area contributed by atoms with Gasteiger partial charge < -0.3 is 5.11 Å². The van der Waals surface area contributed by atoms with Gasteiger partial charge in [0.05, 0.1) is 6.10 Å². The number of hydrogen-bond donors (Lipinski definition) is 1. The lowest BCUT2D eigenvalue weighted by atomic mass is 9.99. The fourth-order valence-electron chi connectivity index (χ4n) is 2.23. The summed E-state index contributed by atoms with van der Waals surface area (Å²) in [6, 6.07) is 0. The molecule has 0 aromatic rings. The number of aliphatic hydroxyl groups excluding tert-OH is 1. The van der Waals surface area contributed by atoms with E-state index in [-0.39, 0.29) is 6.10 Å². The maximum Gasteiger partial charge on any atom is 0.0571 e. The van der Waals surface area contributed by atoms with Crippen LogP contribution in [0.25, 0.3) is 0 Å². The Labute approximate surface area is 62.4 Å². The summed E-state index contributed by atoms with van der Waals surface area (Å²) in [5.41, 5.74) is 0. The molecule has 2 fully saturated rings. The Balaban J connectivity index is 1.88. The summed E-state index contributed by atoms with van der Waals surface area (Å²) in [5, 5.41) is 9.52. The van der Waals surface area contributed by atoms with Gasteiger partial charge in [0.1, 0.15) is 0 Å². The van der Waals surface area contributed by atoms with Crippen LogP contribution in [-0.4, -0.2) is 11.2 Å². The highest BCUT2D eigenvalue weighted by Gasteiger charge is 2.41. The van der Waals surface area contributed by atoms with E-state index in [0.717, 1.165) is 12.3 Å². The van der Waals surface area contributed by atoms with Crippen LogP contribution in [0.15, 0.2) is 0 Å². The van der Waals surface area contributed by atoms with E-state index in [9.17, 15) is 5.11 Å². The third-order valence-corrected chi connectivity index (χ3v) is 3.05. The molecule has 0 bridgehead atoms. The van der Waals surface area contributed by atoms with Crippen molar-refractivity contribution in [1.82, 2.24) is 0 Å². The molecule has 58 valence electrons. The molecular weight excluding hydrogens is 124 g/mol. The molecule has 1 nitrogen and oxygen atoms in total. The van der Waals surface area contributed by atoms with Crippen LogP contribution in [0, 0.1) is 11.8 Å². The van der Waals surface area contributed by atoms with E-state index in [1.54, 1.807) is 0 Å². The highest BCUT2D eigenvalue weighted by Crippen LogP contribution is 2.47. The summed E-state index contributed by atoms with van der Waals surface area (Å²) in [6.07, 6.45) is 7.85. The molecular formula is C9H16O. The molecule has 0 radical (unpaired) electrons. The third-order valence-electron chi connectivity index (χ3n) is 3.05.